The number of amides is 1. The molecule has 2 aromatic carbocycles. The molecule has 0 N–H and O–H groups in total. The molecule has 134 valence electrons. The molecule has 1 amide bonds. The molecular formula is C19H23NO5. The van der Waals surface area contributed by atoms with E-state index in [1.54, 1.807) is 21.1 Å². The van der Waals surface area contributed by atoms with Gasteiger partial charge < -0.3 is 14.2 Å². The van der Waals surface area contributed by atoms with Gasteiger partial charge in [-0.2, -0.15) is 5.06 Å². The third-order valence-electron chi connectivity index (χ3n) is 3.50. The first-order valence-corrected chi connectivity index (χ1v) is 7.99. The summed E-state index contributed by atoms with van der Waals surface area (Å²) in [5.41, 5.74) is 1.83. The van der Waals surface area contributed by atoms with Crippen LogP contribution in [-0.4, -0.2) is 32.0 Å². The summed E-state index contributed by atoms with van der Waals surface area (Å²) in [6, 6.07) is 14.9. The minimum absolute atomic E-state index is 0.249. The van der Waals surface area contributed by atoms with Gasteiger partial charge in [0.2, 0.25) is 0 Å². The van der Waals surface area contributed by atoms with Crippen molar-refractivity contribution in [1.82, 2.24) is 5.06 Å². The fourth-order valence-electron chi connectivity index (χ4n) is 2.13. The number of benzene rings is 2. The maximum atomic E-state index is 12.1. The van der Waals surface area contributed by atoms with Crippen LogP contribution >= 0.6 is 0 Å². The summed E-state index contributed by atoms with van der Waals surface area (Å²) in [7, 11) is 3.22. The summed E-state index contributed by atoms with van der Waals surface area (Å²) in [5, 5.41) is 1.22. The molecule has 0 unspecified atom stereocenters. The maximum Gasteiger partial charge on any atom is 0.434 e. The molecule has 0 aliphatic carbocycles. The Morgan fingerprint density at radius 1 is 0.880 bits per heavy atom. The van der Waals surface area contributed by atoms with Gasteiger partial charge in [0, 0.05) is 0 Å². The average Bonchev–Trinajstić information content (AvgIpc) is 2.66. The van der Waals surface area contributed by atoms with Crippen molar-refractivity contribution >= 4 is 6.09 Å². The summed E-state index contributed by atoms with van der Waals surface area (Å²) in [5.74, 6) is 1.52. The number of rotatable bonds is 8. The van der Waals surface area contributed by atoms with Crippen LogP contribution in [0.4, 0.5) is 4.79 Å². The molecule has 0 saturated carbocycles. The Balaban J connectivity index is 2.02. The Morgan fingerprint density at radius 2 is 1.40 bits per heavy atom. The van der Waals surface area contributed by atoms with E-state index in [1.165, 1.54) is 5.06 Å². The smallest absolute Gasteiger partial charge is 0.434 e. The van der Waals surface area contributed by atoms with Gasteiger partial charge in [-0.1, -0.05) is 24.3 Å². The molecule has 0 spiro atoms. The van der Waals surface area contributed by atoms with Gasteiger partial charge >= 0.3 is 6.09 Å². The molecule has 0 aliphatic rings. The largest absolute Gasteiger partial charge is 0.497 e. The first kappa shape index (κ1) is 18.6. The first-order valence-electron chi connectivity index (χ1n) is 7.99. The van der Waals surface area contributed by atoms with Crippen LogP contribution in [0.25, 0.3) is 0 Å². The lowest BCUT2D eigenvalue weighted by Gasteiger charge is -2.21. The van der Waals surface area contributed by atoms with E-state index in [9.17, 15) is 4.79 Å². The lowest BCUT2D eigenvalue weighted by Crippen LogP contribution is -2.31. The van der Waals surface area contributed by atoms with E-state index in [2.05, 4.69) is 0 Å². The second-order valence-corrected chi connectivity index (χ2v) is 5.21. The molecule has 0 aromatic heterocycles. The monoisotopic (exact) mass is 345 g/mol. The zero-order valence-corrected chi connectivity index (χ0v) is 14.7. The van der Waals surface area contributed by atoms with Crippen molar-refractivity contribution in [2.24, 2.45) is 0 Å². The summed E-state index contributed by atoms with van der Waals surface area (Å²) in [6.45, 7) is 2.56. The van der Waals surface area contributed by atoms with Gasteiger partial charge in [0.25, 0.3) is 0 Å². The normalized spacial score (nSPS) is 10.2. The lowest BCUT2D eigenvalue weighted by molar-refractivity contribution is -0.152. The van der Waals surface area contributed by atoms with Crippen LogP contribution in [0.2, 0.25) is 0 Å². The quantitative estimate of drug-likeness (QED) is 0.681. The number of hydroxylamine groups is 2. The van der Waals surface area contributed by atoms with Crippen LogP contribution in [0, 0.1) is 0 Å². The molecule has 0 aliphatic heterocycles. The zero-order chi connectivity index (χ0) is 18.1. The molecule has 0 radical (unpaired) electrons. The minimum atomic E-state index is -0.521. The highest BCUT2D eigenvalue weighted by atomic mass is 16.7. The van der Waals surface area contributed by atoms with E-state index < -0.39 is 6.09 Å². The van der Waals surface area contributed by atoms with Crippen molar-refractivity contribution < 1.29 is 23.8 Å². The number of ether oxygens (including phenoxy) is 3. The topological polar surface area (TPSA) is 57.2 Å². The molecule has 6 nitrogen and oxygen atoms in total. The maximum absolute atomic E-state index is 12.1. The average molecular weight is 345 g/mol. The predicted octanol–water partition coefficient (Wildman–Crippen LogP) is 3.79. The van der Waals surface area contributed by atoms with Gasteiger partial charge in [-0.05, 0) is 42.3 Å². The number of carbonyl (C=O) groups is 1. The van der Waals surface area contributed by atoms with Crippen LogP contribution in [0.1, 0.15) is 18.1 Å². The number of hydrogen-bond donors (Lipinski definition) is 0. The number of hydrogen-bond acceptors (Lipinski definition) is 5. The highest BCUT2D eigenvalue weighted by Crippen LogP contribution is 2.16. The van der Waals surface area contributed by atoms with Gasteiger partial charge in [-0.15, -0.1) is 0 Å². The second-order valence-electron chi connectivity index (χ2n) is 5.21. The Bertz CT molecular complexity index is 655. The molecule has 25 heavy (non-hydrogen) atoms. The van der Waals surface area contributed by atoms with Crippen molar-refractivity contribution in [1.29, 1.82) is 0 Å². The van der Waals surface area contributed by atoms with Gasteiger partial charge in [-0.25, -0.2) is 4.79 Å². The number of carbonyl (C=O) groups excluding carboxylic acids is 1. The van der Waals surface area contributed by atoms with Crippen LogP contribution in [-0.2, 0) is 22.7 Å². The van der Waals surface area contributed by atoms with Gasteiger partial charge in [0.1, 0.15) is 18.1 Å². The minimum Gasteiger partial charge on any atom is -0.497 e. The molecule has 6 heteroatoms. The van der Waals surface area contributed by atoms with Crippen LogP contribution in [0.3, 0.4) is 0 Å². The third kappa shape index (κ3) is 5.69. The second kappa shape index (κ2) is 9.54. The highest BCUT2D eigenvalue weighted by Gasteiger charge is 2.16. The van der Waals surface area contributed by atoms with Crippen molar-refractivity contribution in [3.63, 3.8) is 0 Å². The Kier molecular flexibility index (Phi) is 7.10. The fraction of sp³-hybridized carbons (Fsp3) is 0.316. The van der Waals surface area contributed by atoms with Crippen molar-refractivity contribution in [2.75, 3.05) is 20.8 Å². The zero-order valence-electron chi connectivity index (χ0n) is 14.7. The van der Waals surface area contributed by atoms with E-state index in [0.29, 0.717) is 0 Å². The van der Waals surface area contributed by atoms with E-state index in [0.717, 1.165) is 22.6 Å². The van der Waals surface area contributed by atoms with Crippen molar-refractivity contribution in [3.05, 3.63) is 59.7 Å². The van der Waals surface area contributed by atoms with Crippen LogP contribution in [0.15, 0.2) is 48.5 Å². The van der Waals surface area contributed by atoms with E-state index in [1.807, 2.05) is 48.5 Å². The Hall–Kier alpha value is -2.73. The Labute approximate surface area is 147 Å². The van der Waals surface area contributed by atoms with E-state index >= 15 is 0 Å². The highest BCUT2D eigenvalue weighted by molar-refractivity contribution is 5.66. The van der Waals surface area contributed by atoms with Crippen molar-refractivity contribution in [2.45, 2.75) is 20.1 Å². The van der Waals surface area contributed by atoms with Gasteiger partial charge in [0.15, 0.2) is 0 Å². The van der Waals surface area contributed by atoms with Crippen LogP contribution in [0.5, 0.6) is 11.5 Å². The van der Waals surface area contributed by atoms with E-state index in [4.69, 9.17) is 19.0 Å². The van der Waals surface area contributed by atoms with Crippen molar-refractivity contribution in [3.8, 4) is 11.5 Å². The summed E-state index contributed by atoms with van der Waals surface area (Å²) < 4.78 is 15.3. The SMILES string of the molecule is CCOC(=O)N(Cc1ccc(OC)cc1)OCc1ccc(OC)cc1. The lowest BCUT2D eigenvalue weighted by atomic mass is 10.2. The van der Waals surface area contributed by atoms with E-state index in [-0.39, 0.29) is 19.8 Å². The summed E-state index contributed by atoms with van der Waals surface area (Å²) in [4.78, 5) is 17.8. The molecule has 2 aromatic rings. The molecule has 2 rings (SSSR count). The molecule has 0 bridgehead atoms. The fourth-order valence-corrected chi connectivity index (χ4v) is 2.13. The standard InChI is InChI=1S/C19H23NO5/c1-4-24-19(21)20(13-15-5-9-17(22-2)10-6-15)25-14-16-7-11-18(23-3)12-8-16/h5-12H,4,13-14H2,1-3H3. The summed E-state index contributed by atoms with van der Waals surface area (Å²) >= 11 is 0. The molecule has 0 fully saturated rings. The Morgan fingerprint density at radius 3 is 1.88 bits per heavy atom. The van der Waals surface area contributed by atoms with Gasteiger partial charge in [-0.3, -0.25) is 4.84 Å². The summed E-state index contributed by atoms with van der Waals surface area (Å²) in [6.07, 6.45) is -0.521. The van der Waals surface area contributed by atoms with Crippen LogP contribution < -0.4 is 9.47 Å². The predicted molar refractivity (Wildman–Crippen MR) is 93.3 cm³/mol. The molecule has 0 heterocycles. The number of methoxy groups -OCH3 is 2. The third-order valence-corrected chi connectivity index (χ3v) is 3.50. The molecule has 0 saturated heterocycles. The molecule has 0 atom stereocenters. The molecular weight excluding hydrogens is 322 g/mol. The first-order chi connectivity index (χ1) is 12.2. The number of nitrogens with zero attached hydrogens (tertiary/aromatic N) is 1. The van der Waals surface area contributed by atoms with Gasteiger partial charge in [0.05, 0.1) is 27.4 Å².